The molecule has 1 aliphatic heterocycles. The second-order valence-corrected chi connectivity index (χ2v) is 8.19. The SMILES string of the molecule is CN(C)CCc1ccc(C2=CCC3CN(Cc4ccccc4)CC23)cc1. The predicted octanol–water partition coefficient (Wildman–Crippen LogP) is 4.33. The van der Waals surface area contributed by atoms with Crippen LogP contribution >= 0.6 is 0 Å². The van der Waals surface area contributed by atoms with Gasteiger partial charge in [0.2, 0.25) is 0 Å². The van der Waals surface area contributed by atoms with Gasteiger partial charge in [0.1, 0.15) is 0 Å². The van der Waals surface area contributed by atoms with E-state index in [4.69, 9.17) is 0 Å². The van der Waals surface area contributed by atoms with Crippen molar-refractivity contribution in [2.75, 3.05) is 33.7 Å². The zero-order chi connectivity index (χ0) is 17.9. The smallest absolute Gasteiger partial charge is 0.0234 e. The van der Waals surface area contributed by atoms with Gasteiger partial charge in [-0.15, -0.1) is 0 Å². The fourth-order valence-electron chi connectivity index (χ4n) is 4.50. The van der Waals surface area contributed by atoms with E-state index in [0.29, 0.717) is 5.92 Å². The molecule has 0 amide bonds. The van der Waals surface area contributed by atoms with Crippen LogP contribution in [-0.2, 0) is 13.0 Å². The molecule has 26 heavy (non-hydrogen) atoms. The maximum Gasteiger partial charge on any atom is 0.0234 e. The third-order valence-corrected chi connectivity index (χ3v) is 5.94. The number of nitrogens with zero attached hydrogens (tertiary/aromatic N) is 2. The number of benzene rings is 2. The van der Waals surface area contributed by atoms with E-state index in [2.05, 4.69) is 84.6 Å². The molecule has 2 unspecified atom stereocenters. The average molecular weight is 347 g/mol. The first kappa shape index (κ1) is 17.5. The molecular weight excluding hydrogens is 316 g/mol. The van der Waals surface area contributed by atoms with E-state index in [9.17, 15) is 0 Å². The minimum absolute atomic E-state index is 0.714. The molecule has 0 aromatic heterocycles. The largest absolute Gasteiger partial charge is 0.309 e. The van der Waals surface area contributed by atoms with E-state index < -0.39 is 0 Å². The van der Waals surface area contributed by atoms with Gasteiger partial charge in [-0.3, -0.25) is 4.90 Å². The second kappa shape index (κ2) is 7.77. The van der Waals surface area contributed by atoms with Crippen LogP contribution in [0.15, 0.2) is 60.7 Å². The van der Waals surface area contributed by atoms with Crippen molar-refractivity contribution in [2.24, 2.45) is 11.8 Å². The molecular formula is C24H30N2. The van der Waals surface area contributed by atoms with Crippen LogP contribution < -0.4 is 0 Å². The molecule has 1 saturated heterocycles. The topological polar surface area (TPSA) is 6.48 Å². The molecule has 2 aromatic carbocycles. The molecule has 1 aliphatic carbocycles. The minimum Gasteiger partial charge on any atom is -0.309 e. The molecule has 0 spiro atoms. The van der Waals surface area contributed by atoms with Crippen molar-refractivity contribution in [3.63, 3.8) is 0 Å². The Kier molecular flexibility index (Phi) is 5.23. The van der Waals surface area contributed by atoms with Gasteiger partial charge in [-0.2, -0.15) is 0 Å². The van der Waals surface area contributed by atoms with Gasteiger partial charge in [0.05, 0.1) is 0 Å². The fraction of sp³-hybridized carbons (Fsp3) is 0.417. The van der Waals surface area contributed by atoms with E-state index in [1.807, 2.05) is 0 Å². The van der Waals surface area contributed by atoms with Crippen LogP contribution in [0.1, 0.15) is 23.1 Å². The molecule has 2 atom stereocenters. The zero-order valence-electron chi connectivity index (χ0n) is 16.1. The first-order chi connectivity index (χ1) is 12.7. The lowest BCUT2D eigenvalue weighted by Gasteiger charge is -2.18. The summed E-state index contributed by atoms with van der Waals surface area (Å²) >= 11 is 0. The average Bonchev–Trinajstić information content (AvgIpc) is 3.21. The van der Waals surface area contributed by atoms with Crippen LogP contribution in [0.25, 0.3) is 5.57 Å². The van der Waals surface area contributed by atoms with E-state index >= 15 is 0 Å². The number of hydrogen-bond donors (Lipinski definition) is 0. The number of likely N-dealkylation sites (N-methyl/N-ethyl adjacent to an activating group) is 1. The van der Waals surface area contributed by atoms with Crippen LogP contribution in [0.3, 0.4) is 0 Å². The molecule has 0 N–H and O–H groups in total. The van der Waals surface area contributed by atoms with E-state index in [-0.39, 0.29) is 0 Å². The quantitative estimate of drug-likeness (QED) is 0.768. The Hall–Kier alpha value is -1.90. The van der Waals surface area contributed by atoms with Crippen molar-refractivity contribution in [1.29, 1.82) is 0 Å². The van der Waals surface area contributed by atoms with Crippen molar-refractivity contribution in [3.8, 4) is 0 Å². The highest BCUT2D eigenvalue weighted by atomic mass is 15.2. The highest BCUT2D eigenvalue weighted by Gasteiger charge is 2.38. The lowest BCUT2D eigenvalue weighted by Crippen LogP contribution is -2.21. The van der Waals surface area contributed by atoms with Gasteiger partial charge in [0, 0.05) is 32.1 Å². The number of rotatable bonds is 6. The molecule has 1 heterocycles. The van der Waals surface area contributed by atoms with E-state index in [0.717, 1.165) is 25.4 Å². The van der Waals surface area contributed by atoms with Crippen LogP contribution in [0.4, 0.5) is 0 Å². The maximum absolute atomic E-state index is 2.64. The van der Waals surface area contributed by atoms with Crippen LogP contribution in [0, 0.1) is 11.8 Å². The molecule has 0 bridgehead atoms. The summed E-state index contributed by atoms with van der Waals surface area (Å²) in [5, 5.41) is 0. The monoisotopic (exact) mass is 346 g/mol. The van der Waals surface area contributed by atoms with Gasteiger partial charge in [0.25, 0.3) is 0 Å². The van der Waals surface area contributed by atoms with Crippen molar-refractivity contribution >= 4 is 5.57 Å². The number of allylic oxidation sites excluding steroid dienone is 1. The molecule has 2 nitrogen and oxygen atoms in total. The lowest BCUT2D eigenvalue weighted by atomic mass is 9.90. The van der Waals surface area contributed by atoms with Crippen molar-refractivity contribution < 1.29 is 0 Å². The van der Waals surface area contributed by atoms with Crippen LogP contribution in [0.2, 0.25) is 0 Å². The third kappa shape index (κ3) is 3.92. The summed E-state index contributed by atoms with van der Waals surface area (Å²) in [7, 11) is 4.28. The first-order valence-corrected chi connectivity index (χ1v) is 9.89. The first-order valence-electron chi connectivity index (χ1n) is 9.89. The van der Waals surface area contributed by atoms with Gasteiger partial charge in [-0.1, -0.05) is 60.7 Å². The van der Waals surface area contributed by atoms with Crippen molar-refractivity contribution in [3.05, 3.63) is 77.4 Å². The standard InChI is InChI=1S/C24H30N2/c1-25(2)15-14-19-8-10-21(11-9-19)23-13-12-22-17-26(18-24(22)23)16-20-6-4-3-5-7-20/h3-11,13,22,24H,12,14-18H2,1-2H3. The lowest BCUT2D eigenvalue weighted by molar-refractivity contribution is 0.315. The Labute approximate surface area is 158 Å². The predicted molar refractivity (Wildman–Crippen MR) is 110 cm³/mol. The maximum atomic E-state index is 2.64. The summed E-state index contributed by atoms with van der Waals surface area (Å²) in [5.41, 5.74) is 5.90. The molecule has 2 aliphatic rings. The van der Waals surface area contributed by atoms with Gasteiger partial charge in [0.15, 0.2) is 0 Å². The second-order valence-electron chi connectivity index (χ2n) is 8.19. The van der Waals surface area contributed by atoms with Gasteiger partial charge < -0.3 is 4.90 Å². The summed E-state index contributed by atoms with van der Waals surface area (Å²) in [6, 6.07) is 20.2. The van der Waals surface area contributed by atoms with E-state index in [1.54, 1.807) is 5.57 Å². The zero-order valence-corrected chi connectivity index (χ0v) is 16.1. The molecule has 0 saturated carbocycles. The molecule has 136 valence electrons. The summed E-state index contributed by atoms with van der Waals surface area (Å²) in [4.78, 5) is 4.89. The Balaban J connectivity index is 1.40. The normalized spacial score (nSPS) is 22.7. The molecule has 2 aromatic rings. The molecule has 0 radical (unpaired) electrons. The molecule has 2 heteroatoms. The van der Waals surface area contributed by atoms with Crippen molar-refractivity contribution in [1.82, 2.24) is 9.80 Å². The summed E-state index contributed by atoms with van der Waals surface area (Å²) in [5.74, 6) is 1.52. The number of likely N-dealkylation sites (tertiary alicyclic amines) is 1. The summed E-state index contributed by atoms with van der Waals surface area (Å²) < 4.78 is 0. The Morgan fingerprint density at radius 1 is 0.923 bits per heavy atom. The number of hydrogen-bond acceptors (Lipinski definition) is 2. The number of fused-ring (bicyclic) bond motifs is 1. The summed E-state index contributed by atoms with van der Waals surface area (Å²) in [6.07, 6.45) is 4.88. The van der Waals surface area contributed by atoms with Crippen molar-refractivity contribution in [2.45, 2.75) is 19.4 Å². The van der Waals surface area contributed by atoms with E-state index in [1.165, 1.54) is 36.2 Å². The van der Waals surface area contributed by atoms with Crippen LogP contribution in [-0.4, -0.2) is 43.5 Å². The molecule has 1 fully saturated rings. The van der Waals surface area contributed by atoms with Gasteiger partial charge in [-0.25, -0.2) is 0 Å². The van der Waals surface area contributed by atoms with Crippen LogP contribution in [0.5, 0.6) is 0 Å². The highest BCUT2D eigenvalue weighted by molar-refractivity contribution is 5.70. The molecule has 4 rings (SSSR count). The van der Waals surface area contributed by atoms with Gasteiger partial charge >= 0.3 is 0 Å². The minimum atomic E-state index is 0.714. The fourth-order valence-corrected chi connectivity index (χ4v) is 4.50. The Bertz CT molecular complexity index is 746. The van der Waals surface area contributed by atoms with Gasteiger partial charge in [-0.05, 0) is 55.1 Å². The Morgan fingerprint density at radius 2 is 1.69 bits per heavy atom. The third-order valence-electron chi connectivity index (χ3n) is 5.94. The summed E-state index contributed by atoms with van der Waals surface area (Å²) in [6.45, 7) is 4.64. The highest BCUT2D eigenvalue weighted by Crippen LogP contribution is 2.43. The Morgan fingerprint density at radius 3 is 2.42 bits per heavy atom.